The fraction of sp³-hybridized carbons (Fsp3) is 0.250. The van der Waals surface area contributed by atoms with Crippen LogP contribution in [-0.2, 0) is 0 Å². The molecule has 0 aliphatic carbocycles. The Morgan fingerprint density at radius 1 is 1.80 bits per heavy atom. The Balaban J connectivity index is 2.58. The fourth-order valence-electron chi connectivity index (χ4n) is 0.759. The van der Waals surface area contributed by atoms with Gasteiger partial charge in [-0.2, -0.15) is 0 Å². The first kappa shape index (κ1) is 7.09. The fourth-order valence-corrected chi connectivity index (χ4v) is 0.759. The summed E-state index contributed by atoms with van der Waals surface area (Å²) < 4.78 is 4.79. The first-order chi connectivity index (χ1) is 4.84. The first-order valence-corrected chi connectivity index (χ1v) is 3.15. The van der Waals surface area contributed by atoms with Crippen LogP contribution in [0.1, 0.15) is 18.1 Å². The zero-order chi connectivity index (χ0) is 7.40. The van der Waals surface area contributed by atoms with Crippen molar-refractivity contribution in [2.45, 2.75) is 12.5 Å². The summed E-state index contributed by atoms with van der Waals surface area (Å²) in [6, 6.07) is 1.74. The third kappa shape index (κ3) is 1.48. The summed E-state index contributed by atoms with van der Waals surface area (Å²) in [6.07, 6.45) is 4.86. The molecule has 0 saturated carbocycles. The van der Waals surface area contributed by atoms with Gasteiger partial charge in [0.25, 0.3) is 0 Å². The maximum atomic E-state index is 9.28. The van der Waals surface area contributed by atoms with Gasteiger partial charge in [0.2, 0.25) is 0 Å². The lowest BCUT2D eigenvalue weighted by Gasteiger charge is -2.01. The number of hydrogen-bond donors (Lipinski definition) is 1. The lowest BCUT2D eigenvalue weighted by atomic mass is 10.1. The van der Waals surface area contributed by atoms with Gasteiger partial charge in [0, 0.05) is 5.56 Å². The van der Waals surface area contributed by atoms with Crippen molar-refractivity contribution in [3.8, 4) is 0 Å². The molecule has 0 radical (unpaired) electrons. The summed E-state index contributed by atoms with van der Waals surface area (Å²) in [5.74, 6) is 0. The molecular weight excluding hydrogens is 128 g/mol. The number of aliphatic hydroxyl groups is 1. The maximum Gasteiger partial charge on any atom is 0.0960 e. The highest BCUT2D eigenvalue weighted by atomic mass is 16.3. The second kappa shape index (κ2) is 3.22. The molecule has 1 atom stereocenters. The van der Waals surface area contributed by atoms with E-state index in [-0.39, 0.29) is 0 Å². The second-order valence-corrected chi connectivity index (χ2v) is 2.10. The van der Waals surface area contributed by atoms with E-state index in [4.69, 9.17) is 4.42 Å². The van der Waals surface area contributed by atoms with Gasteiger partial charge in [-0.15, -0.1) is 6.58 Å². The van der Waals surface area contributed by atoms with Crippen LogP contribution in [-0.4, -0.2) is 5.11 Å². The Kier molecular flexibility index (Phi) is 2.29. The summed E-state index contributed by atoms with van der Waals surface area (Å²) in [6.45, 7) is 3.52. The van der Waals surface area contributed by atoms with Crippen molar-refractivity contribution < 1.29 is 9.52 Å². The Morgan fingerprint density at radius 2 is 2.60 bits per heavy atom. The van der Waals surface area contributed by atoms with Gasteiger partial charge in [0.1, 0.15) is 0 Å². The maximum absolute atomic E-state index is 9.28. The van der Waals surface area contributed by atoms with E-state index in [0.717, 1.165) is 5.56 Å². The number of aliphatic hydroxyl groups excluding tert-OH is 1. The molecule has 1 N–H and O–H groups in total. The SMILES string of the molecule is C=CC[C@@H](O)c1ccoc1. The van der Waals surface area contributed by atoms with Crippen molar-refractivity contribution in [1.29, 1.82) is 0 Å². The second-order valence-electron chi connectivity index (χ2n) is 2.10. The van der Waals surface area contributed by atoms with Gasteiger partial charge in [-0.25, -0.2) is 0 Å². The normalized spacial score (nSPS) is 12.9. The summed E-state index contributed by atoms with van der Waals surface area (Å²) in [5.41, 5.74) is 0.805. The zero-order valence-corrected chi connectivity index (χ0v) is 5.66. The standard InChI is InChI=1S/C8H10O2/c1-2-3-8(9)7-4-5-10-6-7/h2,4-6,8-9H,1,3H2/t8-/m1/s1. The number of furan rings is 1. The molecule has 0 aliphatic heterocycles. The quantitative estimate of drug-likeness (QED) is 0.647. The highest BCUT2D eigenvalue weighted by Crippen LogP contribution is 2.16. The van der Waals surface area contributed by atoms with Crippen molar-refractivity contribution in [2.24, 2.45) is 0 Å². The van der Waals surface area contributed by atoms with Gasteiger partial charge in [-0.1, -0.05) is 6.08 Å². The van der Waals surface area contributed by atoms with Crippen molar-refractivity contribution in [3.63, 3.8) is 0 Å². The third-order valence-electron chi connectivity index (χ3n) is 1.32. The van der Waals surface area contributed by atoms with Gasteiger partial charge < -0.3 is 9.52 Å². The molecule has 54 valence electrons. The molecule has 0 fully saturated rings. The smallest absolute Gasteiger partial charge is 0.0960 e. The van der Waals surface area contributed by atoms with Crippen molar-refractivity contribution in [2.75, 3.05) is 0 Å². The van der Waals surface area contributed by atoms with E-state index >= 15 is 0 Å². The molecule has 0 saturated heterocycles. The van der Waals surface area contributed by atoms with E-state index in [0.29, 0.717) is 6.42 Å². The summed E-state index contributed by atoms with van der Waals surface area (Å²) in [4.78, 5) is 0. The van der Waals surface area contributed by atoms with Crippen molar-refractivity contribution in [1.82, 2.24) is 0 Å². The van der Waals surface area contributed by atoms with Gasteiger partial charge in [-0.05, 0) is 12.5 Å². The minimum absolute atomic E-state index is 0.462. The van der Waals surface area contributed by atoms with Crippen LogP contribution in [0.25, 0.3) is 0 Å². The molecule has 1 rings (SSSR count). The molecule has 0 bridgehead atoms. The van der Waals surface area contributed by atoms with Crippen LogP contribution in [0.5, 0.6) is 0 Å². The lowest BCUT2D eigenvalue weighted by molar-refractivity contribution is 0.181. The van der Waals surface area contributed by atoms with Crippen LogP contribution >= 0.6 is 0 Å². The third-order valence-corrected chi connectivity index (χ3v) is 1.32. The van der Waals surface area contributed by atoms with E-state index in [1.165, 1.54) is 6.26 Å². The van der Waals surface area contributed by atoms with Crippen LogP contribution in [0.3, 0.4) is 0 Å². The number of rotatable bonds is 3. The molecular formula is C8H10O2. The van der Waals surface area contributed by atoms with Gasteiger partial charge in [0.15, 0.2) is 0 Å². The highest BCUT2D eigenvalue weighted by Gasteiger charge is 2.04. The minimum atomic E-state index is -0.462. The molecule has 2 heteroatoms. The van der Waals surface area contributed by atoms with E-state index in [9.17, 15) is 5.11 Å². The van der Waals surface area contributed by atoms with Crippen LogP contribution in [0.15, 0.2) is 35.7 Å². The molecule has 0 amide bonds. The van der Waals surface area contributed by atoms with E-state index in [1.807, 2.05) is 0 Å². The van der Waals surface area contributed by atoms with Gasteiger partial charge in [-0.3, -0.25) is 0 Å². The molecule has 0 aliphatic rings. The van der Waals surface area contributed by atoms with Crippen LogP contribution in [0.2, 0.25) is 0 Å². The molecule has 2 nitrogen and oxygen atoms in total. The zero-order valence-electron chi connectivity index (χ0n) is 5.66. The molecule has 1 heterocycles. The summed E-state index contributed by atoms with van der Waals surface area (Å²) in [5, 5.41) is 9.28. The van der Waals surface area contributed by atoms with E-state index < -0.39 is 6.10 Å². The van der Waals surface area contributed by atoms with E-state index in [2.05, 4.69) is 6.58 Å². The van der Waals surface area contributed by atoms with Crippen molar-refractivity contribution >= 4 is 0 Å². The average Bonchev–Trinajstić information content (AvgIpc) is 2.38. The monoisotopic (exact) mass is 138 g/mol. The Hall–Kier alpha value is -1.02. The summed E-state index contributed by atoms with van der Waals surface area (Å²) in [7, 11) is 0. The highest BCUT2D eigenvalue weighted by molar-refractivity contribution is 5.09. The number of hydrogen-bond acceptors (Lipinski definition) is 2. The molecule has 0 aromatic carbocycles. The van der Waals surface area contributed by atoms with Gasteiger partial charge in [0.05, 0.1) is 18.6 Å². The Morgan fingerprint density at radius 3 is 3.10 bits per heavy atom. The minimum Gasteiger partial charge on any atom is -0.472 e. The predicted octanol–water partition coefficient (Wildman–Crippen LogP) is 1.89. The predicted molar refractivity (Wildman–Crippen MR) is 38.5 cm³/mol. The first-order valence-electron chi connectivity index (χ1n) is 3.15. The topological polar surface area (TPSA) is 33.4 Å². The molecule has 10 heavy (non-hydrogen) atoms. The molecule has 1 aromatic rings. The summed E-state index contributed by atoms with van der Waals surface area (Å²) >= 11 is 0. The van der Waals surface area contributed by atoms with Crippen molar-refractivity contribution in [3.05, 3.63) is 36.8 Å². The molecule has 0 unspecified atom stereocenters. The Labute approximate surface area is 59.8 Å². The van der Waals surface area contributed by atoms with E-state index in [1.54, 1.807) is 18.4 Å². The molecule has 1 aromatic heterocycles. The van der Waals surface area contributed by atoms with Gasteiger partial charge >= 0.3 is 0 Å². The molecule has 0 spiro atoms. The largest absolute Gasteiger partial charge is 0.472 e. The average molecular weight is 138 g/mol. The van der Waals surface area contributed by atoms with Crippen LogP contribution < -0.4 is 0 Å². The van der Waals surface area contributed by atoms with Crippen LogP contribution in [0, 0.1) is 0 Å². The van der Waals surface area contributed by atoms with Crippen LogP contribution in [0.4, 0.5) is 0 Å². The Bertz CT molecular complexity index is 189. The lowest BCUT2D eigenvalue weighted by Crippen LogP contribution is -1.91.